The Morgan fingerprint density at radius 3 is 2.45 bits per heavy atom. The molecule has 0 fully saturated rings. The van der Waals surface area contributed by atoms with Gasteiger partial charge in [-0.15, -0.1) is 0 Å². The molecule has 0 aromatic carbocycles. The van der Waals surface area contributed by atoms with Gasteiger partial charge in [0.25, 0.3) is 0 Å². The number of aromatic nitrogens is 1. The Kier molecular flexibility index (Phi) is 1.67. The zero-order valence-electron chi connectivity index (χ0n) is 5.05. The molecule has 0 aliphatic rings. The topological polar surface area (TPSA) is 43.1 Å². The predicted molar refractivity (Wildman–Crippen MR) is 27.8 cm³/mol. The van der Waals surface area contributed by atoms with E-state index in [1.165, 1.54) is 0 Å². The summed E-state index contributed by atoms with van der Waals surface area (Å²) >= 11 is 0. The van der Waals surface area contributed by atoms with Crippen molar-refractivity contribution in [1.82, 2.24) is 4.98 Å². The van der Waals surface area contributed by atoms with Gasteiger partial charge in [0.2, 0.25) is 0 Å². The van der Waals surface area contributed by atoms with Gasteiger partial charge in [0.05, 0.1) is 6.26 Å². The highest BCUT2D eigenvalue weighted by Crippen LogP contribution is 2.25. The molecule has 60 valence electrons. The maximum absolute atomic E-state index is 11.7. The summed E-state index contributed by atoms with van der Waals surface area (Å²) < 4.78 is 39.2. The molecule has 0 aliphatic carbocycles. The average molecular weight is 165 g/mol. The van der Waals surface area contributed by atoms with Crippen molar-refractivity contribution < 1.29 is 17.6 Å². The van der Waals surface area contributed by atoms with Crippen LogP contribution in [-0.2, 0) is 6.18 Å². The first kappa shape index (κ1) is 7.77. The summed E-state index contributed by atoms with van der Waals surface area (Å²) in [7, 11) is 0. The average Bonchev–Trinajstić information content (AvgIpc) is 1.86. The summed E-state index contributed by atoms with van der Waals surface area (Å²) in [5.41, 5.74) is -1.24. The molecule has 1 rings (SSSR count). The van der Waals surface area contributed by atoms with E-state index in [0.717, 1.165) is 0 Å². The van der Waals surface area contributed by atoms with Crippen LogP contribution in [-0.4, -0.2) is 4.98 Å². The highest BCUT2D eigenvalue weighted by molar-refractivity contribution is 5.00. The third-order valence-electron chi connectivity index (χ3n) is 0.897. The van der Waals surface area contributed by atoms with E-state index in [2.05, 4.69) is 9.40 Å². The fourth-order valence-corrected chi connectivity index (χ4v) is 0.477. The molecule has 3 nitrogen and oxygen atoms in total. The van der Waals surface area contributed by atoms with E-state index >= 15 is 0 Å². The Morgan fingerprint density at radius 1 is 1.45 bits per heavy atom. The molecule has 0 atom stereocenters. The van der Waals surface area contributed by atoms with Gasteiger partial charge in [-0.1, -0.05) is 0 Å². The first-order valence-corrected chi connectivity index (χ1v) is 2.53. The van der Waals surface area contributed by atoms with Crippen LogP contribution in [0.15, 0.2) is 21.5 Å². The van der Waals surface area contributed by atoms with Crippen LogP contribution in [0.4, 0.5) is 13.2 Å². The van der Waals surface area contributed by atoms with Gasteiger partial charge in [0.15, 0.2) is 5.69 Å². The molecular formula is C5H2F3NO2. The van der Waals surface area contributed by atoms with Crippen molar-refractivity contribution in [2.24, 2.45) is 0 Å². The first-order chi connectivity index (χ1) is 5.00. The highest BCUT2D eigenvalue weighted by atomic mass is 19.4. The van der Waals surface area contributed by atoms with E-state index in [9.17, 15) is 18.0 Å². The summed E-state index contributed by atoms with van der Waals surface area (Å²) in [4.78, 5) is 12.8. The molecular weight excluding hydrogens is 163 g/mol. The Bertz CT molecular complexity index is 303. The lowest BCUT2D eigenvalue weighted by Crippen LogP contribution is -2.14. The van der Waals surface area contributed by atoms with Crippen molar-refractivity contribution in [3.05, 3.63) is 28.6 Å². The second-order valence-corrected chi connectivity index (χ2v) is 1.68. The number of hydrogen-bond donors (Lipinski definition) is 0. The van der Waals surface area contributed by atoms with E-state index in [4.69, 9.17) is 0 Å². The van der Waals surface area contributed by atoms with Crippen LogP contribution < -0.4 is 5.76 Å². The third kappa shape index (κ3) is 1.79. The van der Waals surface area contributed by atoms with Crippen molar-refractivity contribution in [2.45, 2.75) is 6.18 Å². The summed E-state index contributed by atoms with van der Waals surface area (Å²) in [5, 5.41) is 0. The smallest absolute Gasteiger partial charge is 0.417 e. The Balaban J connectivity index is 3.16. The fraction of sp³-hybridized carbons (Fsp3) is 0.200. The van der Waals surface area contributed by atoms with Gasteiger partial charge in [-0.25, -0.2) is 4.79 Å². The standard InChI is InChI=1S/C5H2F3NO2/c6-5(7,8)3-1-2-11-4(10)9-3/h1-2H. The van der Waals surface area contributed by atoms with E-state index in [1.807, 2.05) is 0 Å². The number of hydrogen-bond acceptors (Lipinski definition) is 3. The number of nitrogens with zero attached hydrogens (tertiary/aromatic N) is 1. The van der Waals surface area contributed by atoms with Gasteiger partial charge in [-0.3, -0.25) is 0 Å². The number of halogens is 3. The van der Waals surface area contributed by atoms with Crippen molar-refractivity contribution in [3.63, 3.8) is 0 Å². The van der Waals surface area contributed by atoms with Crippen LogP contribution in [0.25, 0.3) is 0 Å². The van der Waals surface area contributed by atoms with E-state index < -0.39 is 17.6 Å². The third-order valence-corrected chi connectivity index (χ3v) is 0.897. The zero-order valence-corrected chi connectivity index (χ0v) is 5.05. The predicted octanol–water partition coefficient (Wildman–Crippen LogP) is 1.05. The minimum Gasteiger partial charge on any atom is -0.417 e. The summed E-state index contributed by atoms with van der Waals surface area (Å²) in [6.07, 6.45) is -3.94. The molecule has 11 heavy (non-hydrogen) atoms. The second kappa shape index (κ2) is 2.37. The molecule has 0 bridgehead atoms. The maximum Gasteiger partial charge on any atom is 0.439 e. The molecule has 1 aromatic heterocycles. The van der Waals surface area contributed by atoms with Crippen molar-refractivity contribution in [3.8, 4) is 0 Å². The highest BCUT2D eigenvalue weighted by Gasteiger charge is 2.32. The van der Waals surface area contributed by atoms with Crippen molar-refractivity contribution in [2.75, 3.05) is 0 Å². The lowest BCUT2D eigenvalue weighted by molar-refractivity contribution is -0.141. The number of rotatable bonds is 0. The van der Waals surface area contributed by atoms with Gasteiger partial charge in [0, 0.05) is 6.07 Å². The van der Waals surface area contributed by atoms with E-state index in [1.54, 1.807) is 0 Å². The fourth-order valence-electron chi connectivity index (χ4n) is 0.477. The molecule has 0 unspecified atom stereocenters. The Hall–Kier alpha value is -1.33. The van der Waals surface area contributed by atoms with E-state index in [-0.39, 0.29) is 0 Å². The molecule has 1 heterocycles. The molecule has 6 heteroatoms. The van der Waals surface area contributed by atoms with Crippen LogP contribution in [0.2, 0.25) is 0 Å². The zero-order chi connectivity index (χ0) is 8.48. The molecule has 0 spiro atoms. The van der Waals surface area contributed by atoms with Crippen LogP contribution in [0.3, 0.4) is 0 Å². The summed E-state index contributed by atoms with van der Waals surface area (Å²) in [6.45, 7) is 0. The van der Waals surface area contributed by atoms with Crippen LogP contribution >= 0.6 is 0 Å². The van der Waals surface area contributed by atoms with Gasteiger partial charge in [0.1, 0.15) is 0 Å². The minimum atomic E-state index is -4.59. The molecule has 0 N–H and O–H groups in total. The van der Waals surface area contributed by atoms with Crippen LogP contribution in [0.5, 0.6) is 0 Å². The largest absolute Gasteiger partial charge is 0.439 e. The first-order valence-electron chi connectivity index (χ1n) is 2.53. The normalized spacial score (nSPS) is 11.5. The van der Waals surface area contributed by atoms with Gasteiger partial charge < -0.3 is 4.42 Å². The lowest BCUT2D eigenvalue weighted by atomic mass is 10.4. The molecule has 0 aliphatic heterocycles. The molecule has 0 saturated carbocycles. The quantitative estimate of drug-likeness (QED) is 0.577. The lowest BCUT2D eigenvalue weighted by Gasteiger charge is -2.01. The molecule has 0 saturated heterocycles. The van der Waals surface area contributed by atoms with Crippen LogP contribution in [0.1, 0.15) is 5.69 Å². The number of alkyl halides is 3. The Morgan fingerprint density at radius 2 is 2.09 bits per heavy atom. The SMILES string of the molecule is O=c1nc(C(F)(F)F)cco1. The van der Waals surface area contributed by atoms with Gasteiger partial charge in [-0.05, 0) is 0 Å². The molecule has 0 radical (unpaired) electrons. The second-order valence-electron chi connectivity index (χ2n) is 1.68. The van der Waals surface area contributed by atoms with E-state index in [0.29, 0.717) is 12.3 Å². The Labute approximate surface area is 58.5 Å². The van der Waals surface area contributed by atoms with Gasteiger partial charge >= 0.3 is 11.9 Å². The van der Waals surface area contributed by atoms with Crippen LogP contribution in [0, 0.1) is 0 Å². The monoisotopic (exact) mass is 165 g/mol. The summed E-state index contributed by atoms with van der Waals surface area (Å²) in [6, 6.07) is 0.585. The maximum atomic E-state index is 11.7. The van der Waals surface area contributed by atoms with Crippen molar-refractivity contribution >= 4 is 0 Å². The molecule has 1 aromatic rings. The molecule has 0 amide bonds. The minimum absolute atomic E-state index is 0.585. The van der Waals surface area contributed by atoms with Gasteiger partial charge in [-0.2, -0.15) is 18.2 Å². The summed E-state index contributed by atoms with van der Waals surface area (Å²) in [5.74, 6) is -1.25. The van der Waals surface area contributed by atoms with Crippen molar-refractivity contribution in [1.29, 1.82) is 0 Å².